The lowest BCUT2D eigenvalue weighted by Crippen LogP contribution is -2.35. The Morgan fingerprint density at radius 2 is 1.85 bits per heavy atom. The maximum atomic E-state index is 13.3. The summed E-state index contributed by atoms with van der Waals surface area (Å²) in [7, 11) is -3.68. The second-order valence-corrected chi connectivity index (χ2v) is 10.8. The number of aryl methyl sites for hydroxylation is 1. The van der Waals surface area contributed by atoms with Crippen molar-refractivity contribution in [1.82, 2.24) is 9.29 Å². The molecular weight excluding hydrogens is 470 g/mol. The molecule has 0 atom stereocenters. The summed E-state index contributed by atoms with van der Waals surface area (Å²) in [5.41, 5.74) is 1.70. The first kappa shape index (κ1) is 24.3. The molecule has 2 aromatic carbocycles. The van der Waals surface area contributed by atoms with E-state index >= 15 is 0 Å². The van der Waals surface area contributed by atoms with Gasteiger partial charge in [0.1, 0.15) is 10.8 Å². The van der Waals surface area contributed by atoms with E-state index in [4.69, 9.17) is 4.74 Å². The maximum Gasteiger partial charge on any atom is 0.258 e. The second-order valence-electron chi connectivity index (χ2n) is 8.06. The van der Waals surface area contributed by atoms with E-state index in [1.807, 2.05) is 37.4 Å². The number of rotatable bonds is 7. The molecule has 34 heavy (non-hydrogen) atoms. The Morgan fingerprint density at radius 1 is 1.06 bits per heavy atom. The normalized spacial score (nSPS) is 14.5. The number of hydrogen-bond acceptors (Lipinski definition) is 6. The number of hydrogen-bond donors (Lipinski definition) is 1. The minimum atomic E-state index is -3.68. The SMILES string of the molecule is CSc1ncccc1C(=O)Nc1cc(S(=O)(=O)N2CCCCC2)ccc1Oc1cccc(C)c1. The van der Waals surface area contributed by atoms with Crippen molar-refractivity contribution in [2.24, 2.45) is 0 Å². The highest BCUT2D eigenvalue weighted by molar-refractivity contribution is 7.98. The number of benzene rings is 2. The van der Waals surface area contributed by atoms with Crippen LogP contribution in [0.15, 0.2) is 70.7 Å². The number of anilines is 1. The zero-order valence-corrected chi connectivity index (χ0v) is 20.8. The van der Waals surface area contributed by atoms with Crippen LogP contribution in [-0.4, -0.2) is 43.0 Å². The topological polar surface area (TPSA) is 88.6 Å². The number of sulfonamides is 1. The number of pyridine rings is 1. The third kappa shape index (κ3) is 5.43. The molecule has 0 spiro atoms. The lowest BCUT2D eigenvalue weighted by Gasteiger charge is -2.26. The Balaban J connectivity index is 1.72. The van der Waals surface area contributed by atoms with Crippen molar-refractivity contribution in [2.45, 2.75) is 36.1 Å². The van der Waals surface area contributed by atoms with Crippen LogP contribution in [0.2, 0.25) is 0 Å². The van der Waals surface area contributed by atoms with Gasteiger partial charge in [0, 0.05) is 19.3 Å². The Morgan fingerprint density at radius 3 is 2.59 bits per heavy atom. The molecule has 0 saturated carbocycles. The van der Waals surface area contributed by atoms with Crippen molar-refractivity contribution in [3.63, 3.8) is 0 Å². The molecule has 1 fully saturated rings. The summed E-state index contributed by atoms with van der Waals surface area (Å²) in [4.78, 5) is 17.5. The molecule has 0 radical (unpaired) electrons. The number of nitrogens with one attached hydrogen (secondary N) is 1. The first-order chi connectivity index (χ1) is 16.4. The summed E-state index contributed by atoms with van der Waals surface area (Å²) in [6, 6.07) is 15.5. The molecule has 1 saturated heterocycles. The molecule has 1 N–H and O–H groups in total. The standard InChI is InChI=1S/C25H27N3O4S2/c1-18-8-6-9-19(16-18)32-23-12-11-20(34(30,31)28-14-4-3-5-15-28)17-22(23)27-24(29)21-10-7-13-26-25(21)33-2/h6-13,16-17H,3-5,14-15H2,1-2H3,(H,27,29). The molecule has 1 aromatic heterocycles. The van der Waals surface area contributed by atoms with Crippen LogP contribution in [0.5, 0.6) is 11.5 Å². The maximum absolute atomic E-state index is 13.3. The summed E-state index contributed by atoms with van der Waals surface area (Å²) in [5, 5.41) is 3.43. The molecule has 4 rings (SSSR count). The van der Waals surface area contributed by atoms with Crippen molar-refractivity contribution in [1.29, 1.82) is 0 Å². The zero-order chi connectivity index (χ0) is 24.1. The molecule has 0 aliphatic carbocycles. The van der Waals surface area contributed by atoms with Crippen molar-refractivity contribution < 1.29 is 17.9 Å². The van der Waals surface area contributed by atoms with Crippen molar-refractivity contribution >= 4 is 33.4 Å². The van der Waals surface area contributed by atoms with Gasteiger partial charge in [0.15, 0.2) is 5.75 Å². The van der Waals surface area contributed by atoms with Crippen LogP contribution in [0, 0.1) is 6.92 Å². The summed E-state index contributed by atoms with van der Waals surface area (Å²) in [6.45, 7) is 2.95. The minimum Gasteiger partial charge on any atom is -0.455 e. The number of ether oxygens (including phenoxy) is 1. The van der Waals surface area contributed by atoms with E-state index in [2.05, 4.69) is 10.3 Å². The molecule has 2 heterocycles. The van der Waals surface area contributed by atoms with Gasteiger partial charge in [0.05, 0.1) is 16.1 Å². The number of carbonyl (C=O) groups is 1. The third-order valence-electron chi connectivity index (χ3n) is 5.58. The molecule has 3 aromatic rings. The number of carbonyl (C=O) groups excluding carboxylic acids is 1. The van der Waals surface area contributed by atoms with Crippen molar-refractivity contribution in [2.75, 3.05) is 24.7 Å². The average molecular weight is 498 g/mol. The first-order valence-corrected chi connectivity index (χ1v) is 13.7. The molecule has 1 amide bonds. The minimum absolute atomic E-state index is 0.123. The quantitative estimate of drug-likeness (QED) is 0.444. The van der Waals surface area contributed by atoms with E-state index < -0.39 is 10.0 Å². The Labute approximate surface area is 204 Å². The highest BCUT2D eigenvalue weighted by Gasteiger charge is 2.27. The predicted octanol–water partition coefficient (Wildman–Crippen LogP) is 5.33. The van der Waals surface area contributed by atoms with Crippen LogP contribution >= 0.6 is 11.8 Å². The fourth-order valence-electron chi connectivity index (χ4n) is 3.83. The summed E-state index contributed by atoms with van der Waals surface area (Å²) in [5.74, 6) is 0.554. The van der Waals surface area contributed by atoms with Crippen molar-refractivity contribution in [3.05, 3.63) is 71.9 Å². The van der Waals surface area contributed by atoms with E-state index in [1.165, 1.54) is 28.2 Å². The number of aromatic nitrogens is 1. The number of nitrogens with zero attached hydrogens (tertiary/aromatic N) is 2. The summed E-state index contributed by atoms with van der Waals surface area (Å²) >= 11 is 1.36. The second kappa shape index (κ2) is 10.6. The molecule has 0 bridgehead atoms. The molecule has 9 heteroatoms. The van der Waals surface area contributed by atoms with Gasteiger partial charge in [0.25, 0.3) is 5.91 Å². The lowest BCUT2D eigenvalue weighted by molar-refractivity contribution is 0.102. The predicted molar refractivity (Wildman–Crippen MR) is 134 cm³/mol. The van der Waals surface area contributed by atoms with E-state index in [1.54, 1.807) is 24.4 Å². The van der Waals surface area contributed by atoms with Crippen LogP contribution in [0.3, 0.4) is 0 Å². The van der Waals surface area contributed by atoms with Gasteiger partial charge in [-0.3, -0.25) is 4.79 Å². The van der Waals surface area contributed by atoms with E-state index in [0.717, 1.165) is 24.8 Å². The summed E-state index contributed by atoms with van der Waals surface area (Å²) in [6.07, 6.45) is 6.18. The van der Waals surface area contributed by atoms with Crippen LogP contribution in [0.25, 0.3) is 0 Å². The Hall–Kier alpha value is -2.88. The molecule has 1 aliphatic rings. The van der Waals surface area contributed by atoms with Gasteiger partial charge in [-0.05, 0) is 74.0 Å². The number of amides is 1. The van der Waals surface area contributed by atoms with E-state index in [-0.39, 0.29) is 16.5 Å². The van der Waals surface area contributed by atoms with Gasteiger partial charge < -0.3 is 10.1 Å². The van der Waals surface area contributed by atoms with Crippen LogP contribution in [0.1, 0.15) is 35.2 Å². The van der Waals surface area contributed by atoms with Crippen molar-refractivity contribution in [3.8, 4) is 11.5 Å². The molecule has 0 unspecified atom stereocenters. The molecule has 178 valence electrons. The number of thioether (sulfide) groups is 1. The van der Waals surface area contributed by atoms with E-state index in [9.17, 15) is 13.2 Å². The monoisotopic (exact) mass is 497 g/mol. The number of piperidine rings is 1. The Bertz CT molecular complexity index is 1290. The fourth-order valence-corrected chi connectivity index (χ4v) is 5.92. The van der Waals surface area contributed by atoms with Gasteiger partial charge in [-0.25, -0.2) is 13.4 Å². The largest absolute Gasteiger partial charge is 0.455 e. The summed E-state index contributed by atoms with van der Waals surface area (Å²) < 4.78 is 34.1. The van der Waals surface area contributed by atoms with Crippen LogP contribution in [-0.2, 0) is 10.0 Å². The van der Waals surface area contributed by atoms with Gasteiger partial charge in [-0.15, -0.1) is 11.8 Å². The van der Waals surface area contributed by atoms with Gasteiger partial charge in [0.2, 0.25) is 10.0 Å². The third-order valence-corrected chi connectivity index (χ3v) is 8.19. The van der Waals surface area contributed by atoms with Gasteiger partial charge >= 0.3 is 0 Å². The highest BCUT2D eigenvalue weighted by atomic mass is 32.2. The van der Waals surface area contributed by atoms with Gasteiger partial charge in [-0.1, -0.05) is 18.6 Å². The van der Waals surface area contributed by atoms with E-state index in [0.29, 0.717) is 35.2 Å². The zero-order valence-electron chi connectivity index (χ0n) is 19.2. The van der Waals surface area contributed by atoms with Crippen LogP contribution < -0.4 is 10.1 Å². The molecular formula is C25H27N3O4S2. The average Bonchev–Trinajstić information content (AvgIpc) is 2.85. The highest BCUT2D eigenvalue weighted by Crippen LogP contribution is 2.34. The molecule has 1 aliphatic heterocycles. The Kier molecular flexibility index (Phi) is 7.55. The fraction of sp³-hybridized carbons (Fsp3) is 0.280. The molecule has 7 nitrogen and oxygen atoms in total. The first-order valence-electron chi connectivity index (χ1n) is 11.1. The smallest absolute Gasteiger partial charge is 0.258 e. The van der Waals surface area contributed by atoms with Gasteiger partial charge in [-0.2, -0.15) is 4.31 Å². The lowest BCUT2D eigenvalue weighted by atomic mass is 10.2. The van der Waals surface area contributed by atoms with Crippen LogP contribution in [0.4, 0.5) is 5.69 Å².